The maximum Gasteiger partial charge on any atom is 0.435 e. The van der Waals surface area contributed by atoms with E-state index in [1.165, 1.54) is 16.8 Å². The highest BCUT2D eigenvalue weighted by atomic mass is 19.4. The highest BCUT2D eigenvalue weighted by Crippen LogP contribution is 2.55. The Labute approximate surface area is 208 Å². The van der Waals surface area contributed by atoms with Crippen molar-refractivity contribution in [3.63, 3.8) is 0 Å². The van der Waals surface area contributed by atoms with E-state index in [2.05, 4.69) is 30.8 Å². The summed E-state index contributed by atoms with van der Waals surface area (Å²) in [7, 11) is 0. The number of urea groups is 1. The second kappa shape index (κ2) is 8.13. The van der Waals surface area contributed by atoms with Crippen molar-refractivity contribution in [2.24, 2.45) is 0 Å². The van der Waals surface area contributed by atoms with Gasteiger partial charge in [-0.2, -0.15) is 36.5 Å². The van der Waals surface area contributed by atoms with Gasteiger partial charge in [0.1, 0.15) is 6.54 Å². The van der Waals surface area contributed by atoms with Crippen molar-refractivity contribution in [2.75, 3.05) is 6.54 Å². The molecule has 4 aromatic heterocycles. The maximum atomic E-state index is 13.4. The second-order valence-corrected chi connectivity index (χ2v) is 9.17. The lowest BCUT2D eigenvalue weighted by molar-refractivity contribution is -0.148. The number of carbonyl (C=O) groups excluding carboxylic acids is 2. The van der Waals surface area contributed by atoms with Gasteiger partial charge in [-0.3, -0.25) is 19.8 Å². The molecule has 1 saturated heterocycles. The van der Waals surface area contributed by atoms with E-state index in [0.29, 0.717) is 33.7 Å². The number of hydrogen-bond donors (Lipinski definition) is 2. The van der Waals surface area contributed by atoms with E-state index in [1.54, 1.807) is 12.3 Å². The van der Waals surface area contributed by atoms with Crippen molar-refractivity contribution in [1.82, 2.24) is 40.0 Å². The predicted molar refractivity (Wildman–Crippen MR) is 116 cm³/mol. The summed E-state index contributed by atoms with van der Waals surface area (Å²) in [6.45, 7) is -1.64. The quantitative estimate of drug-likeness (QED) is 0.385. The van der Waals surface area contributed by atoms with Crippen LogP contribution in [-0.2, 0) is 17.5 Å². The Bertz CT molecular complexity index is 1610. The van der Waals surface area contributed by atoms with Crippen LogP contribution >= 0.6 is 0 Å². The average Bonchev–Trinajstić information content (AvgIpc) is 3.32. The first-order chi connectivity index (χ1) is 17.9. The van der Waals surface area contributed by atoms with Gasteiger partial charge in [-0.05, 0) is 24.5 Å². The Hall–Kier alpha value is -4.24. The van der Waals surface area contributed by atoms with Crippen LogP contribution in [-0.4, -0.2) is 54.0 Å². The number of nitrogens with zero attached hydrogens (tertiary/aromatic N) is 6. The fourth-order valence-corrected chi connectivity index (χ4v) is 4.83. The minimum atomic E-state index is -4.95. The number of nitrogens with one attached hydrogen (secondary N) is 2. The van der Waals surface area contributed by atoms with Crippen molar-refractivity contribution in [1.29, 1.82) is 0 Å². The molecule has 0 bridgehead atoms. The Morgan fingerprint density at radius 3 is 2.50 bits per heavy atom. The van der Waals surface area contributed by atoms with Gasteiger partial charge in [-0.25, -0.2) is 14.3 Å². The molecule has 6 rings (SSSR count). The molecule has 0 aromatic carbocycles. The van der Waals surface area contributed by atoms with Gasteiger partial charge in [0.25, 0.3) is 0 Å². The van der Waals surface area contributed by atoms with Crippen molar-refractivity contribution >= 4 is 28.5 Å². The summed E-state index contributed by atoms with van der Waals surface area (Å²) in [5.74, 6) is -1.83. The molecule has 1 saturated carbocycles. The van der Waals surface area contributed by atoms with Crippen molar-refractivity contribution in [2.45, 2.75) is 43.1 Å². The number of carbonyl (C=O) groups is 2. The predicted octanol–water partition coefficient (Wildman–Crippen LogP) is 3.25. The molecule has 198 valence electrons. The van der Waals surface area contributed by atoms with E-state index in [1.807, 2.05) is 0 Å². The topological polar surface area (TPSA) is 119 Å². The summed E-state index contributed by atoms with van der Waals surface area (Å²) in [5.41, 5.74) is 0.112. The molecule has 4 aromatic rings. The van der Waals surface area contributed by atoms with Gasteiger partial charge >= 0.3 is 18.4 Å². The third-order valence-corrected chi connectivity index (χ3v) is 6.61. The van der Waals surface area contributed by atoms with Crippen LogP contribution in [0.5, 0.6) is 0 Å². The number of alkyl halides is 6. The SMILES string of the molecule is O=C1NCC(c2cc([C@H]3C[C@@H]3c3cc4c(cn3)c(C(F)(F)F)nn4CC(F)(F)F)c3nccn3n2)C(=O)N1. The van der Waals surface area contributed by atoms with Crippen molar-refractivity contribution in [3.8, 4) is 0 Å². The van der Waals surface area contributed by atoms with Crippen LogP contribution in [0.3, 0.4) is 0 Å². The van der Waals surface area contributed by atoms with Crippen LogP contribution in [0.25, 0.3) is 16.6 Å². The molecule has 16 heteroatoms. The van der Waals surface area contributed by atoms with Gasteiger partial charge < -0.3 is 5.32 Å². The van der Waals surface area contributed by atoms with Crippen LogP contribution in [0, 0.1) is 0 Å². The fourth-order valence-electron chi connectivity index (χ4n) is 4.83. The molecule has 5 heterocycles. The van der Waals surface area contributed by atoms with E-state index >= 15 is 0 Å². The molecule has 1 unspecified atom stereocenters. The molecule has 0 radical (unpaired) electrons. The zero-order valence-electron chi connectivity index (χ0n) is 19.0. The van der Waals surface area contributed by atoms with E-state index < -0.39 is 47.8 Å². The number of imidazole rings is 1. The molecule has 38 heavy (non-hydrogen) atoms. The van der Waals surface area contributed by atoms with E-state index in [0.717, 1.165) is 6.20 Å². The number of halogens is 6. The molecule has 0 spiro atoms. The van der Waals surface area contributed by atoms with Crippen LogP contribution in [0.15, 0.2) is 30.7 Å². The molecule has 3 atom stereocenters. The molecule has 2 aliphatic rings. The lowest BCUT2D eigenvalue weighted by Gasteiger charge is -2.22. The monoisotopic (exact) mass is 538 g/mol. The Morgan fingerprint density at radius 2 is 1.79 bits per heavy atom. The Balaban J connectivity index is 1.37. The van der Waals surface area contributed by atoms with Crippen LogP contribution in [0.2, 0.25) is 0 Å². The van der Waals surface area contributed by atoms with Gasteiger partial charge in [0.05, 0.1) is 22.5 Å². The van der Waals surface area contributed by atoms with E-state index in [-0.39, 0.29) is 23.9 Å². The lowest BCUT2D eigenvalue weighted by Crippen LogP contribution is -2.51. The van der Waals surface area contributed by atoms with Gasteiger partial charge in [-0.15, -0.1) is 0 Å². The molecule has 1 aliphatic carbocycles. The smallest absolute Gasteiger partial charge is 0.337 e. The summed E-state index contributed by atoms with van der Waals surface area (Å²) in [6, 6.07) is 2.28. The van der Waals surface area contributed by atoms with E-state index in [9.17, 15) is 35.9 Å². The molecule has 10 nitrogen and oxygen atoms in total. The van der Waals surface area contributed by atoms with Crippen LogP contribution < -0.4 is 10.6 Å². The second-order valence-electron chi connectivity index (χ2n) is 9.17. The summed E-state index contributed by atoms with van der Waals surface area (Å²) in [4.78, 5) is 32.3. The lowest BCUT2D eigenvalue weighted by atomic mass is 9.99. The number of pyridine rings is 1. The van der Waals surface area contributed by atoms with Gasteiger partial charge in [-0.1, -0.05) is 0 Å². The van der Waals surface area contributed by atoms with Gasteiger partial charge in [0.15, 0.2) is 11.3 Å². The largest absolute Gasteiger partial charge is 0.435 e. The molecule has 1 aliphatic heterocycles. The highest BCUT2D eigenvalue weighted by molar-refractivity contribution is 6.00. The summed E-state index contributed by atoms with van der Waals surface area (Å²) < 4.78 is 81.2. The number of hydrogen-bond acceptors (Lipinski definition) is 6. The first kappa shape index (κ1) is 24.1. The highest BCUT2D eigenvalue weighted by Gasteiger charge is 2.44. The normalized spacial score (nSPS) is 22.1. The summed E-state index contributed by atoms with van der Waals surface area (Å²) >= 11 is 0. The average molecular weight is 538 g/mol. The van der Waals surface area contributed by atoms with Crippen molar-refractivity contribution in [3.05, 3.63) is 53.4 Å². The molecule has 3 amide bonds. The summed E-state index contributed by atoms with van der Waals surface area (Å²) in [5, 5.41) is 11.8. The number of aromatic nitrogens is 6. The first-order valence-electron chi connectivity index (χ1n) is 11.3. The molecular weight excluding hydrogens is 522 g/mol. The molecule has 2 fully saturated rings. The Morgan fingerprint density at radius 1 is 1.00 bits per heavy atom. The number of amides is 3. The first-order valence-corrected chi connectivity index (χ1v) is 11.3. The fraction of sp³-hybridized carbons (Fsp3) is 0.364. The zero-order valence-corrected chi connectivity index (χ0v) is 19.0. The van der Waals surface area contributed by atoms with Crippen molar-refractivity contribution < 1.29 is 35.9 Å². The minimum Gasteiger partial charge on any atom is -0.337 e. The van der Waals surface area contributed by atoms with Crippen LogP contribution in [0.1, 0.15) is 46.8 Å². The van der Waals surface area contributed by atoms with Gasteiger partial charge in [0, 0.05) is 42.3 Å². The third kappa shape index (κ3) is 4.18. The van der Waals surface area contributed by atoms with Crippen LogP contribution in [0.4, 0.5) is 31.1 Å². The number of imide groups is 1. The third-order valence-electron chi connectivity index (χ3n) is 6.61. The van der Waals surface area contributed by atoms with Gasteiger partial charge in [0.2, 0.25) is 5.91 Å². The summed E-state index contributed by atoms with van der Waals surface area (Å²) in [6.07, 6.45) is -5.24. The standard InChI is InChI=1S/C22H16F6N8O2/c23-21(24,25)8-36-16-5-14(30-7-13(16)17(34-36)22(26,27)28)10-3-9(10)11-4-15(33-35-2-1-29-18(11)35)12-6-31-20(38)32-19(12)37/h1-2,4-5,7,9-10,12H,3,6,8H2,(H2,31,32,37,38)/t9-,10-,12?/m0/s1. The minimum absolute atomic E-state index is 0.0361. The maximum absolute atomic E-state index is 13.4. The molecular formula is C22H16F6N8O2. The van der Waals surface area contributed by atoms with E-state index in [4.69, 9.17) is 0 Å². The Kier molecular flexibility index (Phi) is 5.16. The number of rotatable bonds is 4. The number of fused-ring (bicyclic) bond motifs is 2. The zero-order chi connectivity index (χ0) is 27.0. The molecule has 2 N–H and O–H groups in total.